The van der Waals surface area contributed by atoms with E-state index in [1.165, 1.54) is 0 Å². The number of anilines is 1. The summed E-state index contributed by atoms with van der Waals surface area (Å²) in [6.45, 7) is 2.58. The van der Waals surface area contributed by atoms with Gasteiger partial charge in [0.25, 0.3) is 0 Å². The summed E-state index contributed by atoms with van der Waals surface area (Å²) >= 11 is 15.6. The van der Waals surface area contributed by atoms with Crippen molar-refractivity contribution in [3.05, 3.63) is 44.1 Å². The molecule has 0 aliphatic carbocycles. The second-order valence-corrected chi connectivity index (χ2v) is 5.50. The molecule has 2 rings (SSSR count). The molecule has 1 aromatic heterocycles. The van der Waals surface area contributed by atoms with Gasteiger partial charge in [-0.25, -0.2) is 0 Å². The molecule has 6 heteroatoms. The number of aromatic nitrogens is 2. The van der Waals surface area contributed by atoms with Crippen LogP contribution >= 0.6 is 39.1 Å². The van der Waals surface area contributed by atoms with Gasteiger partial charge in [0.15, 0.2) is 0 Å². The van der Waals surface area contributed by atoms with Gasteiger partial charge < -0.3 is 5.32 Å². The Morgan fingerprint density at radius 3 is 2.72 bits per heavy atom. The Morgan fingerprint density at radius 1 is 1.39 bits per heavy atom. The van der Waals surface area contributed by atoms with Crippen molar-refractivity contribution in [3.8, 4) is 0 Å². The minimum Gasteiger partial charge on any atom is -0.378 e. The quantitative estimate of drug-likeness (QED) is 0.890. The zero-order chi connectivity index (χ0) is 13.3. The first-order chi connectivity index (χ1) is 8.50. The van der Waals surface area contributed by atoms with Gasteiger partial charge in [0.1, 0.15) is 0 Å². The lowest BCUT2D eigenvalue weighted by Crippen LogP contribution is -2.06. The second kappa shape index (κ2) is 5.51. The van der Waals surface area contributed by atoms with Gasteiger partial charge in [0.05, 0.1) is 38.1 Å². The minimum absolute atomic E-state index is 0.536. The van der Waals surface area contributed by atoms with E-state index in [0.717, 1.165) is 21.5 Å². The maximum absolute atomic E-state index is 6.12. The van der Waals surface area contributed by atoms with Gasteiger partial charge in [-0.15, -0.1) is 0 Å². The smallest absolute Gasteiger partial charge is 0.0823 e. The predicted molar refractivity (Wildman–Crippen MR) is 79.4 cm³/mol. The van der Waals surface area contributed by atoms with Crippen molar-refractivity contribution in [1.29, 1.82) is 0 Å². The first-order valence-corrected chi connectivity index (χ1v) is 6.91. The van der Waals surface area contributed by atoms with E-state index in [9.17, 15) is 0 Å². The van der Waals surface area contributed by atoms with E-state index < -0.39 is 0 Å². The summed E-state index contributed by atoms with van der Waals surface area (Å²) in [6.07, 6.45) is 0. The van der Waals surface area contributed by atoms with Crippen LogP contribution in [0.4, 0.5) is 5.69 Å². The Labute approximate surface area is 124 Å². The van der Waals surface area contributed by atoms with Crippen molar-refractivity contribution in [2.75, 3.05) is 5.32 Å². The molecule has 1 N–H and O–H groups in total. The van der Waals surface area contributed by atoms with Crippen molar-refractivity contribution >= 4 is 44.8 Å². The number of halogens is 3. The number of benzene rings is 1. The topological polar surface area (TPSA) is 29.9 Å². The number of nitrogens with one attached hydrogen (secondary N) is 1. The Kier molecular flexibility index (Phi) is 4.20. The molecule has 0 amide bonds. The summed E-state index contributed by atoms with van der Waals surface area (Å²) in [7, 11) is 1.91. The molecule has 0 bridgehead atoms. The van der Waals surface area contributed by atoms with Crippen LogP contribution in [0.1, 0.15) is 11.4 Å². The van der Waals surface area contributed by atoms with Crippen molar-refractivity contribution in [2.24, 2.45) is 7.05 Å². The maximum atomic E-state index is 6.12. The molecule has 3 nitrogen and oxygen atoms in total. The van der Waals surface area contributed by atoms with Crippen LogP contribution in [0, 0.1) is 6.92 Å². The van der Waals surface area contributed by atoms with Crippen LogP contribution in [0.15, 0.2) is 22.7 Å². The van der Waals surface area contributed by atoms with Crippen LogP contribution in [0.5, 0.6) is 0 Å². The summed E-state index contributed by atoms with van der Waals surface area (Å²) in [5, 5.41) is 8.67. The highest BCUT2D eigenvalue weighted by molar-refractivity contribution is 9.10. The molecule has 0 unspecified atom stereocenters. The minimum atomic E-state index is 0.536. The first-order valence-electron chi connectivity index (χ1n) is 5.36. The first kappa shape index (κ1) is 13.7. The molecule has 1 heterocycles. The number of hydrogen-bond acceptors (Lipinski definition) is 2. The average Bonchev–Trinajstić information content (AvgIpc) is 2.56. The fraction of sp³-hybridized carbons (Fsp3) is 0.250. The molecule has 0 spiro atoms. The highest BCUT2D eigenvalue weighted by Gasteiger charge is 2.11. The summed E-state index contributed by atoms with van der Waals surface area (Å²) < 4.78 is 2.85. The van der Waals surface area contributed by atoms with Gasteiger partial charge in [-0.1, -0.05) is 29.3 Å². The highest BCUT2D eigenvalue weighted by Crippen LogP contribution is 2.30. The van der Waals surface area contributed by atoms with E-state index in [1.54, 1.807) is 6.07 Å². The molecule has 0 fully saturated rings. The Hall–Kier alpha value is -0.710. The van der Waals surface area contributed by atoms with Gasteiger partial charge >= 0.3 is 0 Å². The molecule has 0 saturated heterocycles. The third-order valence-electron chi connectivity index (χ3n) is 2.66. The van der Waals surface area contributed by atoms with E-state index in [4.69, 9.17) is 23.2 Å². The van der Waals surface area contributed by atoms with Gasteiger partial charge in [-0.2, -0.15) is 5.10 Å². The largest absolute Gasteiger partial charge is 0.378 e. The molecule has 96 valence electrons. The molecule has 0 saturated carbocycles. The van der Waals surface area contributed by atoms with Gasteiger partial charge in [0.2, 0.25) is 0 Å². The number of aryl methyl sites for hydroxylation is 2. The van der Waals surface area contributed by atoms with Crippen LogP contribution in [0.2, 0.25) is 10.0 Å². The zero-order valence-corrected chi connectivity index (χ0v) is 13.1. The molecule has 2 aromatic rings. The van der Waals surface area contributed by atoms with Crippen LogP contribution < -0.4 is 5.32 Å². The number of nitrogens with zero attached hydrogens (tertiary/aromatic N) is 2. The molecular formula is C12H12BrCl2N3. The molecule has 0 aliphatic rings. The molecule has 0 aliphatic heterocycles. The van der Waals surface area contributed by atoms with Crippen molar-refractivity contribution in [2.45, 2.75) is 13.5 Å². The van der Waals surface area contributed by atoms with Gasteiger partial charge in [-0.3, -0.25) is 4.68 Å². The second-order valence-electron chi connectivity index (χ2n) is 3.92. The van der Waals surface area contributed by atoms with Crippen molar-refractivity contribution < 1.29 is 0 Å². The Balaban J connectivity index is 2.19. The van der Waals surface area contributed by atoms with Gasteiger partial charge in [-0.05, 0) is 35.0 Å². The van der Waals surface area contributed by atoms with E-state index in [0.29, 0.717) is 16.6 Å². The fourth-order valence-electron chi connectivity index (χ4n) is 1.69. The monoisotopic (exact) mass is 347 g/mol. The average molecular weight is 349 g/mol. The Bertz CT molecular complexity index is 581. The van der Waals surface area contributed by atoms with Crippen LogP contribution in [-0.4, -0.2) is 9.78 Å². The van der Waals surface area contributed by atoms with Crippen LogP contribution in [0.25, 0.3) is 0 Å². The zero-order valence-electron chi connectivity index (χ0n) is 9.97. The van der Waals surface area contributed by atoms with E-state index >= 15 is 0 Å². The number of hydrogen-bond donors (Lipinski definition) is 1. The normalized spacial score (nSPS) is 10.7. The Morgan fingerprint density at radius 2 is 2.11 bits per heavy atom. The molecule has 0 atom stereocenters. The van der Waals surface area contributed by atoms with E-state index in [1.807, 2.05) is 30.8 Å². The fourth-order valence-corrected chi connectivity index (χ4v) is 2.53. The molecule has 18 heavy (non-hydrogen) atoms. The third-order valence-corrected chi connectivity index (χ3v) is 4.51. The summed E-state index contributed by atoms with van der Waals surface area (Å²) in [4.78, 5) is 0. The number of rotatable bonds is 3. The molecule has 0 radical (unpaired) electrons. The summed E-state index contributed by atoms with van der Waals surface area (Å²) in [5.41, 5.74) is 2.84. The standard InChI is InChI=1S/C12H12BrCl2N3/c1-7-11(13)10(18(2)17-7)6-16-9-5-3-4-8(14)12(9)15/h3-5,16H,6H2,1-2H3. The molecule has 1 aromatic carbocycles. The van der Waals surface area contributed by atoms with Crippen molar-refractivity contribution in [1.82, 2.24) is 9.78 Å². The maximum Gasteiger partial charge on any atom is 0.0823 e. The van der Waals surface area contributed by atoms with Crippen LogP contribution in [0.3, 0.4) is 0 Å². The lowest BCUT2D eigenvalue weighted by molar-refractivity contribution is 0.712. The van der Waals surface area contributed by atoms with Gasteiger partial charge in [0, 0.05) is 7.05 Å². The third kappa shape index (κ3) is 2.66. The lowest BCUT2D eigenvalue weighted by atomic mass is 10.3. The lowest BCUT2D eigenvalue weighted by Gasteiger charge is -2.10. The SMILES string of the molecule is Cc1nn(C)c(CNc2cccc(Cl)c2Cl)c1Br. The van der Waals surface area contributed by atoms with Crippen LogP contribution in [-0.2, 0) is 13.6 Å². The predicted octanol–water partition coefficient (Wildman–Crippen LogP) is 4.41. The van der Waals surface area contributed by atoms with E-state index in [-0.39, 0.29) is 0 Å². The molecular weight excluding hydrogens is 337 g/mol. The van der Waals surface area contributed by atoms with E-state index in [2.05, 4.69) is 26.3 Å². The van der Waals surface area contributed by atoms with Crippen molar-refractivity contribution in [3.63, 3.8) is 0 Å². The highest BCUT2D eigenvalue weighted by atomic mass is 79.9. The summed E-state index contributed by atoms with van der Waals surface area (Å²) in [5.74, 6) is 0. The summed E-state index contributed by atoms with van der Waals surface area (Å²) in [6, 6.07) is 5.52.